The fraction of sp³-hybridized carbons (Fsp3) is 0.647. The first-order valence-electron chi connectivity index (χ1n) is 7.89. The predicted molar refractivity (Wildman–Crippen MR) is 81.4 cm³/mol. The molecule has 1 aromatic rings. The SMILES string of the molecule is COc1ccc(C(C)O)cc1CN1CCOC2CCCC21. The molecule has 0 radical (unpaired) electrons. The highest BCUT2D eigenvalue weighted by molar-refractivity contribution is 5.38. The summed E-state index contributed by atoms with van der Waals surface area (Å²) in [6.45, 7) is 4.46. The second-order valence-corrected chi connectivity index (χ2v) is 6.13. The monoisotopic (exact) mass is 291 g/mol. The first-order chi connectivity index (χ1) is 10.2. The highest BCUT2D eigenvalue weighted by Gasteiger charge is 2.36. The summed E-state index contributed by atoms with van der Waals surface area (Å²) in [6, 6.07) is 6.51. The van der Waals surface area contributed by atoms with Crippen LogP contribution in [0.1, 0.15) is 43.4 Å². The lowest BCUT2D eigenvalue weighted by molar-refractivity contribution is -0.0590. The van der Waals surface area contributed by atoms with E-state index in [2.05, 4.69) is 11.0 Å². The Kier molecular flexibility index (Phi) is 4.48. The van der Waals surface area contributed by atoms with Crippen LogP contribution in [0.5, 0.6) is 5.75 Å². The van der Waals surface area contributed by atoms with Crippen molar-refractivity contribution in [1.82, 2.24) is 4.90 Å². The maximum atomic E-state index is 9.79. The maximum Gasteiger partial charge on any atom is 0.123 e. The third-order valence-corrected chi connectivity index (χ3v) is 4.76. The molecule has 4 heteroatoms. The molecular weight excluding hydrogens is 266 g/mol. The van der Waals surface area contributed by atoms with Gasteiger partial charge in [0.1, 0.15) is 5.75 Å². The molecule has 0 spiro atoms. The molecule has 2 fully saturated rings. The molecular formula is C17H25NO3. The molecule has 0 amide bonds. The Morgan fingerprint density at radius 2 is 2.29 bits per heavy atom. The van der Waals surface area contributed by atoms with Crippen molar-refractivity contribution in [3.8, 4) is 5.75 Å². The Labute approximate surface area is 126 Å². The van der Waals surface area contributed by atoms with Crippen molar-refractivity contribution in [2.24, 2.45) is 0 Å². The van der Waals surface area contributed by atoms with E-state index in [0.717, 1.165) is 36.6 Å². The molecule has 3 rings (SSSR count). The van der Waals surface area contributed by atoms with Crippen molar-refractivity contribution < 1.29 is 14.6 Å². The number of rotatable bonds is 4. The molecule has 0 aromatic heterocycles. The maximum absolute atomic E-state index is 9.79. The molecule has 1 heterocycles. The van der Waals surface area contributed by atoms with Crippen LogP contribution in [-0.4, -0.2) is 42.4 Å². The van der Waals surface area contributed by atoms with E-state index in [9.17, 15) is 5.11 Å². The molecule has 2 aliphatic rings. The minimum Gasteiger partial charge on any atom is -0.496 e. The van der Waals surface area contributed by atoms with Crippen LogP contribution in [0.25, 0.3) is 0 Å². The van der Waals surface area contributed by atoms with Crippen molar-refractivity contribution in [2.45, 2.75) is 51.0 Å². The Hall–Kier alpha value is -1.10. The number of hydrogen-bond acceptors (Lipinski definition) is 4. The number of aliphatic hydroxyl groups excluding tert-OH is 1. The lowest BCUT2D eigenvalue weighted by atomic mass is 10.0. The van der Waals surface area contributed by atoms with E-state index in [0.29, 0.717) is 12.1 Å². The second kappa shape index (κ2) is 6.34. The minimum absolute atomic E-state index is 0.407. The van der Waals surface area contributed by atoms with Crippen LogP contribution in [0.3, 0.4) is 0 Å². The number of hydrogen-bond donors (Lipinski definition) is 1. The summed E-state index contributed by atoms with van der Waals surface area (Å²) in [7, 11) is 1.71. The predicted octanol–water partition coefficient (Wildman–Crippen LogP) is 2.50. The largest absolute Gasteiger partial charge is 0.496 e. The molecule has 3 atom stereocenters. The highest BCUT2D eigenvalue weighted by Crippen LogP contribution is 2.32. The average Bonchev–Trinajstić information content (AvgIpc) is 2.96. The molecule has 21 heavy (non-hydrogen) atoms. The first kappa shape index (κ1) is 14.8. The van der Waals surface area contributed by atoms with Gasteiger partial charge in [0, 0.05) is 24.7 Å². The lowest BCUT2D eigenvalue weighted by Gasteiger charge is -2.38. The van der Waals surface area contributed by atoms with Crippen molar-refractivity contribution in [3.05, 3.63) is 29.3 Å². The van der Waals surface area contributed by atoms with Crippen LogP contribution in [0, 0.1) is 0 Å². The number of ether oxygens (including phenoxy) is 2. The van der Waals surface area contributed by atoms with Gasteiger partial charge in [0.25, 0.3) is 0 Å². The van der Waals surface area contributed by atoms with Gasteiger partial charge in [-0.2, -0.15) is 0 Å². The van der Waals surface area contributed by atoms with Gasteiger partial charge in [-0.25, -0.2) is 0 Å². The molecule has 4 nitrogen and oxygen atoms in total. The summed E-state index contributed by atoms with van der Waals surface area (Å²) in [5.74, 6) is 0.903. The van der Waals surface area contributed by atoms with Gasteiger partial charge in [-0.05, 0) is 43.9 Å². The number of methoxy groups -OCH3 is 1. The van der Waals surface area contributed by atoms with Crippen molar-refractivity contribution >= 4 is 0 Å². The van der Waals surface area contributed by atoms with Gasteiger partial charge >= 0.3 is 0 Å². The van der Waals surface area contributed by atoms with Crippen LogP contribution in [0.2, 0.25) is 0 Å². The minimum atomic E-state index is -0.446. The van der Waals surface area contributed by atoms with Gasteiger partial charge in [0.05, 0.1) is 25.9 Å². The highest BCUT2D eigenvalue weighted by atomic mass is 16.5. The smallest absolute Gasteiger partial charge is 0.123 e. The fourth-order valence-electron chi connectivity index (χ4n) is 3.60. The molecule has 1 saturated carbocycles. The van der Waals surface area contributed by atoms with Crippen LogP contribution < -0.4 is 4.74 Å². The van der Waals surface area contributed by atoms with Gasteiger partial charge in [-0.1, -0.05) is 6.07 Å². The molecule has 3 unspecified atom stereocenters. The van der Waals surface area contributed by atoms with E-state index >= 15 is 0 Å². The zero-order valence-corrected chi connectivity index (χ0v) is 12.9. The van der Waals surface area contributed by atoms with E-state index in [1.54, 1.807) is 14.0 Å². The number of fused-ring (bicyclic) bond motifs is 1. The standard InChI is InChI=1S/C17H25NO3/c1-12(19)13-6-7-16(20-2)14(10-13)11-18-8-9-21-17-5-3-4-15(17)18/h6-7,10,12,15,17,19H,3-5,8-9,11H2,1-2H3. The second-order valence-electron chi connectivity index (χ2n) is 6.13. The molecule has 1 aromatic carbocycles. The summed E-state index contributed by atoms with van der Waals surface area (Å²) in [5.41, 5.74) is 2.10. The van der Waals surface area contributed by atoms with Crippen LogP contribution in [0.4, 0.5) is 0 Å². The average molecular weight is 291 g/mol. The van der Waals surface area contributed by atoms with E-state index < -0.39 is 6.10 Å². The lowest BCUT2D eigenvalue weighted by Crippen LogP contribution is -2.47. The molecule has 116 valence electrons. The summed E-state index contributed by atoms with van der Waals surface area (Å²) in [4.78, 5) is 2.52. The van der Waals surface area contributed by atoms with Gasteiger partial charge in [-0.15, -0.1) is 0 Å². The van der Waals surface area contributed by atoms with E-state index in [1.165, 1.54) is 19.3 Å². The Balaban J connectivity index is 1.81. The number of morpholine rings is 1. The van der Waals surface area contributed by atoms with Gasteiger partial charge in [-0.3, -0.25) is 4.90 Å². The van der Waals surface area contributed by atoms with Crippen molar-refractivity contribution in [2.75, 3.05) is 20.3 Å². The zero-order chi connectivity index (χ0) is 14.8. The Bertz CT molecular complexity index is 489. The molecule has 1 saturated heterocycles. The van der Waals surface area contributed by atoms with Gasteiger partial charge in [0.2, 0.25) is 0 Å². The van der Waals surface area contributed by atoms with E-state index in [-0.39, 0.29) is 0 Å². The number of nitrogens with zero attached hydrogens (tertiary/aromatic N) is 1. The van der Waals surface area contributed by atoms with Crippen LogP contribution in [-0.2, 0) is 11.3 Å². The molecule has 1 aliphatic carbocycles. The van der Waals surface area contributed by atoms with Crippen LogP contribution in [0.15, 0.2) is 18.2 Å². The third-order valence-electron chi connectivity index (χ3n) is 4.76. The topological polar surface area (TPSA) is 41.9 Å². The molecule has 1 aliphatic heterocycles. The molecule has 1 N–H and O–H groups in total. The fourth-order valence-corrected chi connectivity index (χ4v) is 3.60. The summed E-state index contributed by atoms with van der Waals surface area (Å²) < 4.78 is 11.4. The number of benzene rings is 1. The van der Waals surface area contributed by atoms with E-state index in [1.807, 2.05) is 12.1 Å². The van der Waals surface area contributed by atoms with Crippen LogP contribution >= 0.6 is 0 Å². The summed E-state index contributed by atoms with van der Waals surface area (Å²) in [5, 5.41) is 9.79. The number of aliphatic hydroxyl groups is 1. The van der Waals surface area contributed by atoms with Gasteiger partial charge in [0.15, 0.2) is 0 Å². The Morgan fingerprint density at radius 1 is 1.43 bits per heavy atom. The third kappa shape index (κ3) is 3.07. The van der Waals surface area contributed by atoms with Gasteiger partial charge < -0.3 is 14.6 Å². The quantitative estimate of drug-likeness (QED) is 0.925. The van der Waals surface area contributed by atoms with Crippen molar-refractivity contribution in [1.29, 1.82) is 0 Å². The molecule has 0 bridgehead atoms. The Morgan fingerprint density at radius 3 is 3.05 bits per heavy atom. The zero-order valence-electron chi connectivity index (χ0n) is 12.9. The van der Waals surface area contributed by atoms with Crippen molar-refractivity contribution in [3.63, 3.8) is 0 Å². The van der Waals surface area contributed by atoms with E-state index in [4.69, 9.17) is 9.47 Å². The summed E-state index contributed by atoms with van der Waals surface area (Å²) in [6.07, 6.45) is 3.63. The normalized spacial score (nSPS) is 27.4. The summed E-state index contributed by atoms with van der Waals surface area (Å²) >= 11 is 0. The first-order valence-corrected chi connectivity index (χ1v) is 7.89.